The van der Waals surface area contributed by atoms with Gasteiger partial charge in [-0.15, -0.1) is 24.0 Å². The van der Waals surface area contributed by atoms with Gasteiger partial charge < -0.3 is 20.7 Å². The molecule has 1 heterocycles. The van der Waals surface area contributed by atoms with Crippen LogP contribution >= 0.6 is 24.0 Å². The fourth-order valence-electron chi connectivity index (χ4n) is 3.65. The quantitative estimate of drug-likeness (QED) is 0.291. The van der Waals surface area contributed by atoms with Gasteiger partial charge in [0.05, 0.1) is 7.11 Å². The minimum Gasteiger partial charge on any atom is -0.496 e. The SMILES string of the molecule is CCNC(=NCC(C)c1ccccc1OC)NCC1CC(=O)Nc2ccccc21.I. The van der Waals surface area contributed by atoms with Crippen molar-refractivity contribution in [2.24, 2.45) is 4.99 Å². The number of carbonyl (C=O) groups is 1. The van der Waals surface area contributed by atoms with Crippen LogP contribution < -0.4 is 20.7 Å². The third kappa shape index (κ3) is 6.10. The van der Waals surface area contributed by atoms with E-state index >= 15 is 0 Å². The lowest BCUT2D eigenvalue weighted by Crippen LogP contribution is -2.41. The Hall–Kier alpha value is -2.29. The summed E-state index contributed by atoms with van der Waals surface area (Å²) < 4.78 is 5.47. The average molecular weight is 522 g/mol. The van der Waals surface area contributed by atoms with Crippen molar-refractivity contribution in [3.63, 3.8) is 0 Å². The zero-order valence-corrected chi connectivity index (χ0v) is 20.1. The summed E-state index contributed by atoms with van der Waals surface area (Å²) in [7, 11) is 1.69. The van der Waals surface area contributed by atoms with Gasteiger partial charge in [0.1, 0.15) is 5.75 Å². The molecule has 3 N–H and O–H groups in total. The maximum atomic E-state index is 12.0. The smallest absolute Gasteiger partial charge is 0.225 e. The lowest BCUT2D eigenvalue weighted by atomic mass is 9.90. The Bertz CT molecular complexity index is 872. The van der Waals surface area contributed by atoms with Crippen LogP contribution in [-0.4, -0.2) is 38.6 Å². The van der Waals surface area contributed by atoms with Crippen LogP contribution in [0.5, 0.6) is 5.75 Å². The molecule has 1 aliphatic heterocycles. The van der Waals surface area contributed by atoms with Crippen molar-refractivity contribution in [3.05, 3.63) is 59.7 Å². The second-order valence-electron chi connectivity index (χ2n) is 7.28. The van der Waals surface area contributed by atoms with Gasteiger partial charge in [0.25, 0.3) is 0 Å². The molecule has 0 fully saturated rings. The van der Waals surface area contributed by atoms with Crippen molar-refractivity contribution in [3.8, 4) is 5.75 Å². The lowest BCUT2D eigenvalue weighted by molar-refractivity contribution is -0.116. The van der Waals surface area contributed by atoms with E-state index in [4.69, 9.17) is 9.73 Å². The number of anilines is 1. The summed E-state index contributed by atoms with van der Waals surface area (Å²) >= 11 is 0. The van der Waals surface area contributed by atoms with Crippen molar-refractivity contribution in [2.45, 2.75) is 32.1 Å². The summed E-state index contributed by atoms with van der Waals surface area (Å²) in [5, 5.41) is 9.66. The summed E-state index contributed by atoms with van der Waals surface area (Å²) in [5.74, 6) is 2.05. The largest absolute Gasteiger partial charge is 0.496 e. The Balaban J connectivity index is 0.00000320. The van der Waals surface area contributed by atoms with Gasteiger partial charge in [-0.2, -0.15) is 0 Å². The summed E-state index contributed by atoms with van der Waals surface area (Å²) in [6.45, 7) is 6.25. The number of halogens is 1. The van der Waals surface area contributed by atoms with Crippen molar-refractivity contribution in [2.75, 3.05) is 32.1 Å². The first kappa shape index (κ1) is 24.0. The molecule has 0 saturated carbocycles. The predicted molar refractivity (Wildman–Crippen MR) is 133 cm³/mol. The molecule has 6 nitrogen and oxygen atoms in total. The maximum absolute atomic E-state index is 12.0. The first-order valence-corrected chi connectivity index (χ1v) is 10.2. The Morgan fingerprint density at radius 2 is 1.93 bits per heavy atom. The Morgan fingerprint density at radius 3 is 2.70 bits per heavy atom. The fraction of sp³-hybridized carbons (Fsp3) is 0.391. The number of guanidine groups is 1. The van der Waals surface area contributed by atoms with E-state index < -0.39 is 0 Å². The van der Waals surface area contributed by atoms with E-state index in [1.165, 1.54) is 0 Å². The number of hydrogen-bond donors (Lipinski definition) is 3. The topological polar surface area (TPSA) is 74.8 Å². The first-order valence-electron chi connectivity index (χ1n) is 10.2. The predicted octanol–water partition coefficient (Wildman–Crippen LogP) is 4.10. The van der Waals surface area contributed by atoms with Crippen LogP contribution in [0.4, 0.5) is 5.69 Å². The molecule has 2 aromatic carbocycles. The van der Waals surface area contributed by atoms with Gasteiger partial charge in [-0.05, 0) is 30.2 Å². The van der Waals surface area contributed by atoms with E-state index in [1.807, 2.05) is 43.3 Å². The Kier molecular flexibility index (Phi) is 9.42. The standard InChI is InChI=1S/C23H30N4O2.HI/c1-4-24-23(25-14-16(2)18-9-6-8-12-21(18)29-3)26-15-17-13-22(28)27-20-11-7-5-10-19(17)20;/h5-12,16-17H,4,13-15H2,1-3H3,(H,27,28)(H2,24,25,26);1H. The second-order valence-corrected chi connectivity index (χ2v) is 7.28. The molecule has 7 heteroatoms. The van der Waals surface area contributed by atoms with Gasteiger partial charge in [0.2, 0.25) is 5.91 Å². The number of amides is 1. The third-order valence-corrected chi connectivity index (χ3v) is 5.16. The highest BCUT2D eigenvalue weighted by Gasteiger charge is 2.24. The van der Waals surface area contributed by atoms with Gasteiger partial charge in [-0.3, -0.25) is 9.79 Å². The van der Waals surface area contributed by atoms with E-state index in [2.05, 4.69) is 35.0 Å². The minimum atomic E-state index is 0. The zero-order valence-electron chi connectivity index (χ0n) is 17.8. The number of hydrogen-bond acceptors (Lipinski definition) is 3. The number of nitrogens with zero attached hydrogens (tertiary/aromatic N) is 1. The highest BCUT2D eigenvalue weighted by molar-refractivity contribution is 14.0. The molecule has 0 bridgehead atoms. The number of methoxy groups -OCH3 is 1. The van der Waals surface area contributed by atoms with Crippen LogP contribution in [0.25, 0.3) is 0 Å². The fourth-order valence-corrected chi connectivity index (χ4v) is 3.65. The van der Waals surface area contributed by atoms with Crippen molar-refractivity contribution in [1.29, 1.82) is 0 Å². The van der Waals surface area contributed by atoms with Gasteiger partial charge >= 0.3 is 0 Å². The van der Waals surface area contributed by atoms with Crippen LogP contribution in [0.2, 0.25) is 0 Å². The molecule has 30 heavy (non-hydrogen) atoms. The van der Waals surface area contributed by atoms with Gasteiger partial charge in [-0.1, -0.05) is 43.3 Å². The molecule has 1 aliphatic rings. The highest BCUT2D eigenvalue weighted by Crippen LogP contribution is 2.31. The first-order chi connectivity index (χ1) is 14.1. The average Bonchev–Trinajstić information content (AvgIpc) is 2.75. The molecule has 0 saturated heterocycles. The van der Waals surface area contributed by atoms with Crippen molar-refractivity contribution in [1.82, 2.24) is 10.6 Å². The Labute approximate surface area is 195 Å². The summed E-state index contributed by atoms with van der Waals surface area (Å²) in [4.78, 5) is 16.8. The number of rotatable bonds is 7. The van der Waals surface area contributed by atoms with Crippen molar-refractivity contribution < 1.29 is 9.53 Å². The molecule has 0 aromatic heterocycles. The van der Waals surface area contributed by atoms with Crippen LogP contribution in [0.15, 0.2) is 53.5 Å². The van der Waals surface area contributed by atoms with E-state index in [0.717, 1.165) is 35.1 Å². The van der Waals surface area contributed by atoms with E-state index in [1.54, 1.807) is 7.11 Å². The number of fused-ring (bicyclic) bond motifs is 1. The van der Waals surface area contributed by atoms with Gasteiger partial charge in [0, 0.05) is 43.6 Å². The van der Waals surface area contributed by atoms with E-state index in [-0.39, 0.29) is 41.7 Å². The van der Waals surface area contributed by atoms with Crippen LogP contribution in [0.3, 0.4) is 0 Å². The van der Waals surface area contributed by atoms with E-state index in [9.17, 15) is 4.79 Å². The molecular formula is C23H31IN4O2. The number of nitrogens with one attached hydrogen (secondary N) is 3. The van der Waals surface area contributed by atoms with Crippen LogP contribution in [-0.2, 0) is 4.79 Å². The molecule has 0 aliphatic carbocycles. The van der Waals surface area contributed by atoms with Crippen molar-refractivity contribution >= 4 is 41.5 Å². The zero-order chi connectivity index (χ0) is 20.6. The molecule has 2 unspecified atom stereocenters. The van der Waals surface area contributed by atoms with Gasteiger partial charge in [-0.25, -0.2) is 0 Å². The number of ether oxygens (including phenoxy) is 1. The molecular weight excluding hydrogens is 491 g/mol. The lowest BCUT2D eigenvalue weighted by Gasteiger charge is -2.26. The third-order valence-electron chi connectivity index (χ3n) is 5.16. The summed E-state index contributed by atoms with van der Waals surface area (Å²) in [6, 6.07) is 16.0. The molecule has 1 amide bonds. The normalized spacial score (nSPS) is 16.6. The maximum Gasteiger partial charge on any atom is 0.225 e. The highest BCUT2D eigenvalue weighted by atomic mass is 127. The molecule has 162 valence electrons. The molecule has 2 aromatic rings. The summed E-state index contributed by atoms with van der Waals surface area (Å²) in [6.07, 6.45) is 0.473. The number of benzene rings is 2. The molecule has 2 atom stereocenters. The van der Waals surface area contributed by atoms with Crippen LogP contribution in [0.1, 0.15) is 43.2 Å². The molecule has 3 rings (SSSR count). The number of carbonyl (C=O) groups excluding carboxylic acids is 1. The van der Waals surface area contributed by atoms with E-state index in [0.29, 0.717) is 19.5 Å². The molecule has 0 radical (unpaired) electrons. The minimum absolute atomic E-state index is 0. The summed E-state index contributed by atoms with van der Waals surface area (Å²) in [5.41, 5.74) is 3.22. The Morgan fingerprint density at radius 1 is 1.20 bits per heavy atom. The number of para-hydroxylation sites is 2. The molecule has 0 spiro atoms. The second kappa shape index (κ2) is 11.8. The van der Waals surface area contributed by atoms with Gasteiger partial charge in [0.15, 0.2) is 5.96 Å². The van der Waals surface area contributed by atoms with Crippen LogP contribution in [0, 0.1) is 0 Å². The monoisotopic (exact) mass is 522 g/mol. The number of aliphatic imine (C=N–C) groups is 1.